The molecule has 0 unspecified atom stereocenters. The molecule has 14 heavy (non-hydrogen) atoms. The second-order valence-electron chi connectivity index (χ2n) is 2.91. The number of aldehydes is 1. The van der Waals surface area contributed by atoms with Gasteiger partial charge in [-0.1, -0.05) is 6.07 Å². The molecule has 2 aromatic heterocycles. The Balaban J connectivity index is 2.15. The molecule has 2 heterocycles. The lowest BCUT2D eigenvalue weighted by Crippen LogP contribution is -1.98. The molecule has 0 spiro atoms. The van der Waals surface area contributed by atoms with Crippen LogP contribution in [-0.2, 0) is 6.54 Å². The van der Waals surface area contributed by atoms with Gasteiger partial charge in [0.1, 0.15) is 5.69 Å². The first kappa shape index (κ1) is 8.62. The van der Waals surface area contributed by atoms with Crippen molar-refractivity contribution in [3.8, 4) is 0 Å². The van der Waals surface area contributed by atoms with Crippen LogP contribution in [0.4, 0.5) is 0 Å². The van der Waals surface area contributed by atoms with Gasteiger partial charge in [-0.2, -0.15) is 0 Å². The molecule has 0 bridgehead atoms. The molecule has 2 rings (SSSR count). The van der Waals surface area contributed by atoms with Gasteiger partial charge < -0.3 is 4.57 Å². The van der Waals surface area contributed by atoms with Gasteiger partial charge in [0.15, 0.2) is 6.29 Å². The fourth-order valence-corrected chi connectivity index (χ4v) is 1.20. The van der Waals surface area contributed by atoms with E-state index in [0.29, 0.717) is 12.2 Å². The maximum Gasteiger partial charge on any atom is 0.169 e. The van der Waals surface area contributed by atoms with E-state index in [1.165, 1.54) is 0 Å². The first-order chi connectivity index (χ1) is 6.88. The Labute approximate surface area is 81.2 Å². The summed E-state index contributed by atoms with van der Waals surface area (Å²) in [6, 6.07) is 5.73. The van der Waals surface area contributed by atoms with Gasteiger partial charge in [0.2, 0.25) is 0 Å². The summed E-state index contributed by atoms with van der Waals surface area (Å²) in [5, 5.41) is 0. The van der Waals surface area contributed by atoms with Crippen LogP contribution in [0.25, 0.3) is 0 Å². The number of hydrogen-bond donors (Lipinski definition) is 0. The minimum atomic E-state index is 0.445. The predicted octanol–water partition coefficient (Wildman–Crippen LogP) is 1.14. The van der Waals surface area contributed by atoms with E-state index in [0.717, 1.165) is 12.0 Å². The van der Waals surface area contributed by atoms with Gasteiger partial charge in [0.25, 0.3) is 0 Å². The van der Waals surface area contributed by atoms with Gasteiger partial charge in [-0.3, -0.25) is 9.78 Å². The van der Waals surface area contributed by atoms with E-state index in [2.05, 4.69) is 9.97 Å². The summed E-state index contributed by atoms with van der Waals surface area (Å²) in [4.78, 5) is 18.5. The second-order valence-corrected chi connectivity index (χ2v) is 2.91. The summed E-state index contributed by atoms with van der Waals surface area (Å²) in [5.41, 5.74) is 1.39. The Kier molecular flexibility index (Phi) is 2.36. The fraction of sp³-hybridized carbons (Fsp3) is 0.100. The van der Waals surface area contributed by atoms with Crippen LogP contribution in [0.3, 0.4) is 0 Å². The lowest BCUT2D eigenvalue weighted by molar-refractivity contribution is 0.111. The van der Waals surface area contributed by atoms with Gasteiger partial charge >= 0.3 is 0 Å². The average Bonchev–Trinajstić information content (AvgIpc) is 2.67. The number of aromatic nitrogens is 3. The molecule has 0 amide bonds. The van der Waals surface area contributed by atoms with Crippen LogP contribution in [-0.4, -0.2) is 20.8 Å². The zero-order chi connectivity index (χ0) is 9.80. The van der Waals surface area contributed by atoms with Gasteiger partial charge in [-0.25, -0.2) is 4.98 Å². The summed E-state index contributed by atoms with van der Waals surface area (Å²) in [7, 11) is 0. The van der Waals surface area contributed by atoms with Crippen LogP contribution < -0.4 is 0 Å². The summed E-state index contributed by atoms with van der Waals surface area (Å²) >= 11 is 0. The monoisotopic (exact) mass is 187 g/mol. The lowest BCUT2D eigenvalue weighted by atomic mass is 10.3. The summed E-state index contributed by atoms with van der Waals surface area (Å²) in [6.07, 6.45) is 5.79. The first-order valence-electron chi connectivity index (χ1n) is 4.25. The summed E-state index contributed by atoms with van der Waals surface area (Å²) in [6.45, 7) is 0.641. The van der Waals surface area contributed by atoms with Crippen LogP contribution in [0.1, 0.15) is 16.2 Å². The number of carbonyl (C=O) groups excluding carboxylic acids is 1. The number of hydrogen-bond acceptors (Lipinski definition) is 3. The van der Waals surface area contributed by atoms with Gasteiger partial charge in [0.05, 0.1) is 18.6 Å². The third kappa shape index (κ3) is 1.85. The summed E-state index contributed by atoms with van der Waals surface area (Å²) < 4.78 is 1.83. The molecule has 0 saturated carbocycles. The van der Waals surface area contributed by atoms with Gasteiger partial charge in [-0.05, 0) is 12.1 Å². The molecule has 0 atom stereocenters. The maximum atomic E-state index is 10.4. The van der Waals surface area contributed by atoms with Crippen LogP contribution in [0.15, 0.2) is 36.9 Å². The van der Waals surface area contributed by atoms with Crippen LogP contribution in [0.5, 0.6) is 0 Å². The highest BCUT2D eigenvalue weighted by molar-refractivity contribution is 5.70. The Morgan fingerprint density at radius 2 is 2.29 bits per heavy atom. The second kappa shape index (κ2) is 3.83. The molecular formula is C10H9N3O. The number of carbonyl (C=O) groups is 1. The van der Waals surface area contributed by atoms with Crippen molar-refractivity contribution in [1.82, 2.24) is 14.5 Å². The maximum absolute atomic E-state index is 10.4. The topological polar surface area (TPSA) is 47.8 Å². The van der Waals surface area contributed by atoms with E-state index in [9.17, 15) is 4.79 Å². The zero-order valence-corrected chi connectivity index (χ0v) is 7.50. The quantitative estimate of drug-likeness (QED) is 0.677. The molecule has 0 aliphatic heterocycles. The molecule has 0 saturated heterocycles. The highest BCUT2D eigenvalue weighted by Gasteiger charge is 1.98. The van der Waals surface area contributed by atoms with E-state index >= 15 is 0 Å². The SMILES string of the molecule is O=Cc1cn(Cc2ccccn2)cn1. The van der Waals surface area contributed by atoms with E-state index in [1.807, 2.05) is 22.8 Å². The summed E-state index contributed by atoms with van der Waals surface area (Å²) in [5.74, 6) is 0. The Bertz CT molecular complexity index is 422. The smallest absolute Gasteiger partial charge is 0.169 e. The molecule has 0 aliphatic rings. The van der Waals surface area contributed by atoms with Crippen molar-refractivity contribution < 1.29 is 4.79 Å². The van der Waals surface area contributed by atoms with E-state index in [1.54, 1.807) is 18.7 Å². The van der Waals surface area contributed by atoms with Crippen LogP contribution in [0.2, 0.25) is 0 Å². The van der Waals surface area contributed by atoms with Crippen molar-refractivity contribution in [1.29, 1.82) is 0 Å². The number of pyridine rings is 1. The Hall–Kier alpha value is -1.97. The van der Waals surface area contributed by atoms with Crippen LogP contribution in [0, 0.1) is 0 Å². The standard InChI is InChI=1S/C10H9N3O/c14-7-10-6-13(8-12-10)5-9-3-1-2-4-11-9/h1-4,6-8H,5H2. The largest absolute Gasteiger partial charge is 0.331 e. The predicted molar refractivity (Wildman–Crippen MR) is 51.0 cm³/mol. The molecule has 2 aromatic rings. The van der Waals surface area contributed by atoms with Crippen molar-refractivity contribution in [3.63, 3.8) is 0 Å². The molecule has 4 nitrogen and oxygen atoms in total. The third-order valence-corrected chi connectivity index (χ3v) is 1.84. The third-order valence-electron chi connectivity index (χ3n) is 1.84. The number of nitrogens with zero attached hydrogens (tertiary/aromatic N) is 3. The zero-order valence-electron chi connectivity index (χ0n) is 7.50. The average molecular weight is 187 g/mol. The fourth-order valence-electron chi connectivity index (χ4n) is 1.20. The molecule has 0 aliphatic carbocycles. The van der Waals surface area contributed by atoms with E-state index in [4.69, 9.17) is 0 Å². The Morgan fingerprint density at radius 1 is 1.36 bits per heavy atom. The van der Waals surface area contributed by atoms with Crippen molar-refractivity contribution in [2.75, 3.05) is 0 Å². The molecule has 4 heteroatoms. The number of imidazole rings is 1. The van der Waals surface area contributed by atoms with E-state index < -0.39 is 0 Å². The van der Waals surface area contributed by atoms with E-state index in [-0.39, 0.29) is 0 Å². The molecule has 0 fully saturated rings. The Morgan fingerprint density at radius 3 is 2.93 bits per heavy atom. The number of rotatable bonds is 3. The normalized spacial score (nSPS) is 10.0. The minimum Gasteiger partial charge on any atom is -0.331 e. The highest BCUT2D eigenvalue weighted by Crippen LogP contribution is 1.99. The molecule has 0 N–H and O–H groups in total. The molecule has 0 aromatic carbocycles. The van der Waals surface area contributed by atoms with Crippen LogP contribution >= 0.6 is 0 Å². The van der Waals surface area contributed by atoms with Gasteiger partial charge in [-0.15, -0.1) is 0 Å². The molecule has 0 radical (unpaired) electrons. The van der Waals surface area contributed by atoms with Crippen molar-refractivity contribution >= 4 is 6.29 Å². The first-order valence-corrected chi connectivity index (χ1v) is 4.25. The van der Waals surface area contributed by atoms with Crippen molar-refractivity contribution in [2.24, 2.45) is 0 Å². The molecular weight excluding hydrogens is 178 g/mol. The highest BCUT2D eigenvalue weighted by atomic mass is 16.1. The van der Waals surface area contributed by atoms with Crippen molar-refractivity contribution in [2.45, 2.75) is 6.54 Å². The lowest BCUT2D eigenvalue weighted by Gasteiger charge is -1.99. The van der Waals surface area contributed by atoms with Gasteiger partial charge in [0, 0.05) is 12.4 Å². The van der Waals surface area contributed by atoms with Crippen molar-refractivity contribution in [3.05, 3.63) is 48.3 Å². The minimum absolute atomic E-state index is 0.445. The molecule has 70 valence electrons.